The van der Waals surface area contributed by atoms with Gasteiger partial charge in [0.05, 0.1) is 5.69 Å². The Kier molecular flexibility index (Phi) is 4.40. The molecule has 0 atom stereocenters. The Morgan fingerprint density at radius 3 is 2.79 bits per heavy atom. The van der Waals surface area contributed by atoms with Crippen molar-refractivity contribution in [3.63, 3.8) is 0 Å². The number of alkyl halides is 3. The average molecular weight is 358 g/mol. The molecule has 0 aliphatic carbocycles. The Hall–Kier alpha value is -1.86. The van der Waals surface area contributed by atoms with Gasteiger partial charge in [0.1, 0.15) is 0 Å². The molecule has 1 aliphatic heterocycles. The van der Waals surface area contributed by atoms with E-state index in [1.165, 1.54) is 0 Å². The Morgan fingerprint density at radius 2 is 2.12 bits per heavy atom. The second kappa shape index (κ2) is 6.22. The fourth-order valence-electron chi connectivity index (χ4n) is 2.76. The number of nitrogens with zero attached hydrogens (tertiary/aromatic N) is 2. The number of aromatic nitrogens is 2. The predicted octanol–water partition coefficient (Wildman–Crippen LogP) is 3.31. The first-order valence-corrected chi connectivity index (χ1v) is 7.78. The van der Waals surface area contributed by atoms with Crippen LogP contribution < -0.4 is 5.56 Å². The molecule has 0 spiro atoms. The van der Waals surface area contributed by atoms with Crippen molar-refractivity contribution in [1.29, 1.82) is 0 Å². The van der Waals surface area contributed by atoms with Crippen LogP contribution in [0.3, 0.4) is 0 Å². The zero-order chi connectivity index (χ0) is 17.5. The molecule has 1 aromatic carbocycles. The molecule has 0 saturated heterocycles. The number of hydrogen-bond donors (Lipinski definition) is 1. The lowest BCUT2D eigenvalue weighted by molar-refractivity contribution is -0.145. The van der Waals surface area contributed by atoms with E-state index in [2.05, 4.69) is 4.98 Å². The molecule has 2 heterocycles. The summed E-state index contributed by atoms with van der Waals surface area (Å²) >= 11 is 6.10. The number of rotatable bonds is 2. The molecule has 0 amide bonds. The molecule has 0 bridgehead atoms. The van der Waals surface area contributed by atoms with Crippen molar-refractivity contribution >= 4 is 11.6 Å². The van der Waals surface area contributed by atoms with Crippen molar-refractivity contribution < 1.29 is 13.2 Å². The van der Waals surface area contributed by atoms with Gasteiger partial charge in [-0.1, -0.05) is 23.7 Å². The highest BCUT2D eigenvalue weighted by Crippen LogP contribution is 2.27. The summed E-state index contributed by atoms with van der Waals surface area (Å²) in [6.45, 7) is 3.22. The summed E-state index contributed by atoms with van der Waals surface area (Å²) in [5.74, 6) is -1.24. The number of halogens is 4. The van der Waals surface area contributed by atoms with E-state index in [9.17, 15) is 18.0 Å². The second-order valence-electron chi connectivity index (χ2n) is 5.88. The minimum Gasteiger partial charge on any atom is -0.303 e. The van der Waals surface area contributed by atoms with Gasteiger partial charge in [-0.2, -0.15) is 13.2 Å². The molecule has 0 unspecified atom stereocenters. The van der Waals surface area contributed by atoms with Crippen molar-refractivity contribution in [2.24, 2.45) is 0 Å². The summed E-state index contributed by atoms with van der Waals surface area (Å²) in [5.41, 5.74) is 1.75. The van der Waals surface area contributed by atoms with E-state index >= 15 is 0 Å². The fraction of sp³-hybridized carbons (Fsp3) is 0.375. The smallest absolute Gasteiger partial charge is 0.303 e. The second-order valence-corrected chi connectivity index (χ2v) is 6.29. The Bertz CT molecular complexity index is 832. The number of aromatic amines is 1. The number of H-pyrrole nitrogens is 1. The van der Waals surface area contributed by atoms with Gasteiger partial charge in [-0.3, -0.25) is 9.69 Å². The lowest BCUT2D eigenvalue weighted by atomic mass is 10.1. The molecule has 1 N–H and O–H groups in total. The first-order valence-electron chi connectivity index (χ1n) is 7.40. The summed E-state index contributed by atoms with van der Waals surface area (Å²) in [6, 6.07) is 5.68. The molecular formula is C16H15ClF3N3O. The van der Waals surface area contributed by atoms with Crippen molar-refractivity contribution in [1.82, 2.24) is 14.9 Å². The van der Waals surface area contributed by atoms with Gasteiger partial charge < -0.3 is 4.98 Å². The minimum atomic E-state index is -4.67. The monoisotopic (exact) mass is 357 g/mol. The van der Waals surface area contributed by atoms with E-state index in [-0.39, 0.29) is 12.2 Å². The molecule has 1 aromatic heterocycles. The van der Waals surface area contributed by atoms with Crippen LogP contribution in [0.5, 0.6) is 0 Å². The third kappa shape index (κ3) is 3.47. The summed E-state index contributed by atoms with van der Waals surface area (Å²) in [7, 11) is 0. The van der Waals surface area contributed by atoms with Crippen LogP contribution in [0.25, 0.3) is 0 Å². The third-order valence-electron chi connectivity index (χ3n) is 4.06. The van der Waals surface area contributed by atoms with E-state index in [4.69, 9.17) is 11.6 Å². The highest BCUT2D eigenvalue weighted by Gasteiger charge is 2.35. The Labute approximate surface area is 141 Å². The van der Waals surface area contributed by atoms with E-state index < -0.39 is 17.6 Å². The number of nitrogens with one attached hydrogen (secondary N) is 1. The highest BCUT2D eigenvalue weighted by molar-refractivity contribution is 6.31. The number of fused-ring (bicyclic) bond motifs is 1. The minimum absolute atomic E-state index is 0.190. The predicted molar refractivity (Wildman–Crippen MR) is 83.9 cm³/mol. The molecule has 2 aromatic rings. The molecule has 128 valence electrons. The molecule has 1 aliphatic rings. The van der Waals surface area contributed by atoms with Crippen LogP contribution in [0.1, 0.15) is 28.2 Å². The Morgan fingerprint density at radius 1 is 1.38 bits per heavy atom. The van der Waals surface area contributed by atoms with Gasteiger partial charge in [0.25, 0.3) is 5.56 Å². The largest absolute Gasteiger partial charge is 0.449 e. The van der Waals surface area contributed by atoms with Crippen molar-refractivity contribution in [3.8, 4) is 0 Å². The first kappa shape index (κ1) is 17.0. The van der Waals surface area contributed by atoms with E-state index in [0.29, 0.717) is 30.1 Å². The van der Waals surface area contributed by atoms with E-state index in [1.807, 2.05) is 35.0 Å². The fourth-order valence-corrected chi connectivity index (χ4v) is 2.96. The normalized spacial score (nSPS) is 15.4. The molecule has 3 rings (SSSR count). The van der Waals surface area contributed by atoms with Crippen molar-refractivity contribution in [3.05, 3.63) is 61.8 Å². The van der Waals surface area contributed by atoms with Crippen LogP contribution in [0.2, 0.25) is 5.02 Å². The molecule has 0 saturated carbocycles. The maximum absolute atomic E-state index is 12.8. The number of aryl methyl sites for hydroxylation is 1. The molecule has 0 fully saturated rings. The van der Waals surface area contributed by atoms with Gasteiger partial charge >= 0.3 is 6.18 Å². The maximum atomic E-state index is 12.8. The van der Waals surface area contributed by atoms with E-state index in [0.717, 1.165) is 11.1 Å². The summed E-state index contributed by atoms with van der Waals surface area (Å²) in [6.07, 6.45) is -4.30. The molecule has 0 radical (unpaired) electrons. The highest BCUT2D eigenvalue weighted by atomic mass is 35.5. The van der Waals surface area contributed by atoms with Gasteiger partial charge in [-0.25, -0.2) is 4.98 Å². The SMILES string of the molecule is Cc1ccc(CN2CCc3c(nc(C(F)(F)F)[nH]c3=O)C2)cc1Cl. The van der Waals surface area contributed by atoms with Crippen LogP contribution in [0, 0.1) is 6.92 Å². The summed E-state index contributed by atoms with van der Waals surface area (Å²) in [4.78, 5) is 19.2. The zero-order valence-corrected chi connectivity index (χ0v) is 13.6. The maximum Gasteiger partial charge on any atom is 0.449 e. The van der Waals surface area contributed by atoms with Gasteiger partial charge in [-0.05, 0) is 30.5 Å². The Balaban J connectivity index is 1.84. The van der Waals surface area contributed by atoms with Crippen molar-refractivity contribution in [2.45, 2.75) is 32.6 Å². The topological polar surface area (TPSA) is 49.0 Å². The first-order chi connectivity index (χ1) is 11.2. The van der Waals surface area contributed by atoms with Gasteiger partial charge in [0, 0.05) is 30.2 Å². The third-order valence-corrected chi connectivity index (χ3v) is 4.47. The molecular weight excluding hydrogens is 343 g/mol. The zero-order valence-electron chi connectivity index (χ0n) is 12.9. The van der Waals surface area contributed by atoms with Crippen LogP contribution in [0.4, 0.5) is 13.2 Å². The molecule has 8 heteroatoms. The van der Waals surface area contributed by atoms with Crippen LogP contribution in [-0.2, 0) is 25.7 Å². The van der Waals surface area contributed by atoms with E-state index in [1.54, 1.807) is 0 Å². The number of hydrogen-bond acceptors (Lipinski definition) is 3. The van der Waals surface area contributed by atoms with Crippen LogP contribution in [-0.4, -0.2) is 21.4 Å². The van der Waals surface area contributed by atoms with Crippen LogP contribution in [0.15, 0.2) is 23.0 Å². The number of benzene rings is 1. The van der Waals surface area contributed by atoms with Crippen LogP contribution >= 0.6 is 11.6 Å². The van der Waals surface area contributed by atoms with Crippen molar-refractivity contribution in [2.75, 3.05) is 6.54 Å². The lowest BCUT2D eigenvalue weighted by Gasteiger charge is -2.28. The quantitative estimate of drug-likeness (QED) is 0.897. The average Bonchev–Trinajstić information content (AvgIpc) is 2.50. The summed E-state index contributed by atoms with van der Waals surface area (Å²) < 4.78 is 38.4. The molecule has 24 heavy (non-hydrogen) atoms. The van der Waals surface area contributed by atoms with Gasteiger partial charge in [-0.15, -0.1) is 0 Å². The lowest BCUT2D eigenvalue weighted by Crippen LogP contribution is -2.36. The summed E-state index contributed by atoms with van der Waals surface area (Å²) in [5, 5.41) is 0.652. The van der Waals surface area contributed by atoms with Gasteiger partial charge in [0.2, 0.25) is 5.82 Å². The standard InChI is InChI=1S/C16H15ClF3N3O/c1-9-2-3-10(6-12(9)17)7-23-5-4-11-13(8-23)21-15(16(18,19)20)22-14(11)24/h2-3,6H,4-5,7-8H2,1H3,(H,21,22,24). The molecule has 4 nitrogen and oxygen atoms in total. The van der Waals surface area contributed by atoms with Gasteiger partial charge in [0.15, 0.2) is 0 Å².